The van der Waals surface area contributed by atoms with E-state index >= 15 is 0 Å². The molecule has 1 heterocycles. The molecule has 1 N–H and O–H groups in total. The Balaban J connectivity index is 2.58. The van der Waals surface area contributed by atoms with Gasteiger partial charge in [-0.1, -0.05) is 13.0 Å². The second kappa shape index (κ2) is 4.58. The Kier molecular flexibility index (Phi) is 3.69. The SMILES string of the molecule is CC(CO)Cc1ccc(Br)nc1. The van der Waals surface area contributed by atoms with Gasteiger partial charge in [0.05, 0.1) is 0 Å². The predicted octanol–water partition coefficient (Wildman–Crippen LogP) is 2.01. The molecule has 0 aliphatic carbocycles. The van der Waals surface area contributed by atoms with Crippen LogP contribution in [0, 0.1) is 5.92 Å². The summed E-state index contributed by atoms with van der Waals surface area (Å²) in [5.74, 6) is 0.313. The smallest absolute Gasteiger partial charge is 0.106 e. The van der Waals surface area contributed by atoms with Gasteiger partial charge in [0.1, 0.15) is 4.60 Å². The molecular weight excluding hydrogens is 218 g/mol. The van der Waals surface area contributed by atoms with Gasteiger partial charge in [0, 0.05) is 12.8 Å². The van der Waals surface area contributed by atoms with Crippen molar-refractivity contribution in [3.8, 4) is 0 Å². The molecule has 1 aromatic heterocycles. The summed E-state index contributed by atoms with van der Waals surface area (Å²) in [5, 5.41) is 8.82. The Hall–Kier alpha value is -0.410. The fourth-order valence-corrected chi connectivity index (χ4v) is 1.23. The first-order chi connectivity index (χ1) is 5.72. The number of aromatic nitrogens is 1. The lowest BCUT2D eigenvalue weighted by molar-refractivity contribution is 0.237. The normalized spacial score (nSPS) is 12.9. The molecule has 0 bridgehead atoms. The number of aliphatic hydroxyl groups is 1. The molecule has 1 atom stereocenters. The molecule has 66 valence electrons. The molecule has 0 aromatic carbocycles. The molecule has 0 fully saturated rings. The van der Waals surface area contributed by atoms with E-state index in [1.165, 1.54) is 5.56 Å². The highest BCUT2D eigenvalue weighted by atomic mass is 79.9. The second-order valence-corrected chi connectivity index (χ2v) is 3.79. The maximum atomic E-state index is 8.82. The van der Waals surface area contributed by atoms with Crippen LogP contribution in [0.1, 0.15) is 12.5 Å². The average molecular weight is 230 g/mol. The van der Waals surface area contributed by atoms with Gasteiger partial charge in [0.2, 0.25) is 0 Å². The van der Waals surface area contributed by atoms with Gasteiger partial charge in [-0.05, 0) is 39.9 Å². The topological polar surface area (TPSA) is 33.1 Å². The number of aliphatic hydroxyl groups excluding tert-OH is 1. The van der Waals surface area contributed by atoms with E-state index < -0.39 is 0 Å². The second-order valence-electron chi connectivity index (χ2n) is 2.98. The van der Waals surface area contributed by atoms with E-state index in [-0.39, 0.29) is 6.61 Å². The zero-order valence-electron chi connectivity index (χ0n) is 7.00. The maximum absolute atomic E-state index is 8.82. The van der Waals surface area contributed by atoms with Crippen molar-refractivity contribution in [2.45, 2.75) is 13.3 Å². The van der Waals surface area contributed by atoms with Crippen molar-refractivity contribution >= 4 is 15.9 Å². The van der Waals surface area contributed by atoms with Crippen molar-refractivity contribution < 1.29 is 5.11 Å². The van der Waals surface area contributed by atoms with Crippen LogP contribution in [-0.4, -0.2) is 16.7 Å². The largest absolute Gasteiger partial charge is 0.396 e. The highest BCUT2D eigenvalue weighted by molar-refractivity contribution is 9.10. The van der Waals surface area contributed by atoms with Crippen LogP contribution < -0.4 is 0 Å². The van der Waals surface area contributed by atoms with Crippen LogP contribution >= 0.6 is 15.9 Å². The van der Waals surface area contributed by atoms with Crippen molar-refractivity contribution in [2.24, 2.45) is 5.92 Å². The van der Waals surface area contributed by atoms with Gasteiger partial charge in [-0.2, -0.15) is 0 Å². The summed E-state index contributed by atoms with van der Waals surface area (Å²) in [6.45, 7) is 2.25. The van der Waals surface area contributed by atoms with Crippen molar-refractivity contribution in [3.05, 3.63) is 28.5 Å². The first-order valence-corrected chi connectivity index (χ1v) is 4.73. The molecule has 0 saturated heterocycles. The van der Waals surface area contributed by atoms with E-state index in [0.717, 1.165) is 11.0 Å². The highest BCUT2D eigenvalue weighted by Gasteiger charge is 2.01. The molecule has 3 heteroatoms. The van der Waals surface area contributed by atoms with Crippen LogP contribution in [0.15, 0.2) is 22.9 Å². The summed E-state index contributed by atoms with van der Waals surface area (Å²) in [6.07, 6.45) is 2.72. The lowest BCUT2D eigenvalue weighted by Crippen LogP contribution is -2.04. The molecule has 1 rings (SSSR count). The third kappa shape index (κ3) is 2.91. The van der Waals surface area contributed by atoms with Crippen molar-refractivity contribution in [1.29, 1.82) is 0 Å². The van der Waals surface area contributed by atoms with Crippen LogP contribution in [0.3, 0.4) is 0 Å². The molecule has 0 spiro atoms. The summed E-state index contributed by atoms with van der Waals surface area (Å²) in [4.78, 5) is 4.10. The van der Waals surface area contributed by atoms with Crippen LogP contribution in [-0.2, 0) is 6.42 Å². The fraction of sp³-hybridized carbons (Fsp3) is 0.444. The van der Waals surface area contributed by atoms with Crippen molar-refractivity contribution in [3.63, 3.8) is 0 Å². The summed E-state index contributed by atoms with van der Waals surface area (Å²) in [5.41, 5.74) is 1.17. The van der Waals surface area contributed by atoms with Crippen LogP contribution in [0.4, 0.5) is 0 Å². The Morgan fingerprint density at radius 2 is 2.33 bits per heavy atom. The summed E-state index contributed by atoms with van der Waals surface area (Å²) in [6, 6.07) is 3.93. The van der Waals surface area contributed by atoms with Gasteiger partial charge in [-0.25, -0.2) is 4.98 Å². The van der Waals surface area contributed by atoms with E-state index in [2.05, 4.69) is 20.9 Å². The molecule has 12 heavy (non-hydrogen) atoms. The number of hydrogen-bond donors (Lipinski definition) is 1. The third-order valence-electron chi connectivity index (χ3n) is 1.68. The first-order valence-electron chi connectivity index (χ1n) is 3.93. The van der Waals surface area contributed by atoms with Crippen LogP contribution in [0.5, 0.6) is 0 Å². The molecule has 0 aliphatic heterocycles. The van der Waals surface area contributed by atoms with Gasteiger partial charge in [-0.3, -0.25) is 0 Å². The van der Waals surface area contributed by atoms with E-state index in [4.69, 9.17) is 5.11 Å². The van der Waals surface area contributed by atoms with Crippen LogP contribution in [0.2, 0.25) is 0 Å². The standard InChI is InChI=1S/C9H12BrNO/c1-7(6-12)4-8-2-3-9(10)11-5-8/h2-3,5,7,12H,4,6H2,1H3. The molecular formula is C9H12BrNO. The fourth-order valence-electron chi connectivity index (χ4n) is 0.994. The number of hydrogen-bond acceptors (Lipinski definition) is 2. The first kappa shape index (κ1) is 9.68. The molecule has 0 radical (unpaired) electrons. The number of rotatable bonds is 3. The lowest BCUT2D eigenvalue weighted by atomic mass is 10.0. The van der Waals surface area contributed by atoms with Crippen molar-refractivity contribution in [2.75, 3.05) is 6.61 Å². The molecule has 1 unspecified atom stereocenters. The van der Waals surface area contributed by atoms with Crippen molar-refractivity contribution in [1.82, 2.24) is 4.98 Å². The Morgan fingerprint density at radius 3 is 2.83 bits per heavy atom. The highest BCUT2D eigenvalue weighted by Crippen LogP contribution is 2.10. The Bertz CT molecular complexity index is 235. The van der Waals surface area contributed by atoms with Crippen LogP contribution in [0.25, 0.3) is 0 Å². The zero-order chi connectivity index (χ0) is 8.97. The van der Waals surface area contributed by atoms with Gasteiger partial charge in [0.25, 0.3) is 0 Å². The zero-order valence-corrected chi connectivity index (χ0v) is 8.58. The maximum Gasteiger partial charge on any atom is 0.106 e. The van der Waals surface area contributed by atoms with Gasteiger partial charge >= 0.3 is 0 Å². The van der Waals surface area contributed by atoms with Gasteiger partial charge in [0.15, 0.2) is 0 Å². The summed E-state index contributed by atoms with van der Waals surface area (Å²) >= 11 is 3.27. The number of pyridine rings is 1. The monoisotopic (exact) mass is 229 g/mol. The van der Waals surface area contributed by atoms with E-state index in [0.29, 0.717) is 5.92 Å². The van der Waals surface area contributed by atoms with E-state index in [1.807, 2.05) is 25.3 Å². The minimum absolute atomic E-state index is 0.232. The summed E-state index contributed by atoms with van der Waals surface area (Å²) in [7, 11) is 0. The molecule has 2 nitrogen and oxygen atoms in total. The average Bonchev–Trinajstić information content (AvgIpc) is 2.09. The Labute approximate surface area is 80.8 Å². The summed E-state index contributed by atoms with van der Waals surface area (Å²) < 4.78 is 0.850. The Morgan fingerprint density at radius 1 is 1.58 bits per heavy atom. The van der Waals surface area contributed by atoms with E-state index in [9.17, 15) is 0 Å². The molecule has 0 amide bonds. The van der Waals surface area contributed by atoms with Gasteiger partial charge in [-0.15, -0.1) is 0 Å². The number of halogens is 1. The minimum atomic E-state index is 0.232. The van der Waals surface area contributed by atoms with E-state index in [1.54, 1.807) is 0 Å². The molecule has 1 aromatic rings. The minimum Gasteiger partial charge on any atom is -0.396 e. The predicted molar refractivity (Wildman–Crippen MR) is 51.9 cm³/mol. The van der Waals surface area contributed by atoms with Gasteiger partial charge < -0.3 is 5.11 Å². The quantitative estimate of drug-likeness (QED) is 0.805. The lowest BCUT2D eigenvalue weighted by Gasteiger charge is -2.06. The molecule has 0 saturated carbocycles. The molecule has 0 aliphatic rings. The number of nitrogens with zero attached hydrogens (tertiary/aromatic N) is 1. The third-order valence-corrected chi connectivity index (χ3v) is 2.15.